The Hall–Kier alpha value is -2.27. The van der Waals surface area contributed by atoms with Gasteiger partial charge in [-0.3, -0.25) is 4.79 Å². The maximum Gasteiger partial charge on any atom is 0.335 e. The summed E-state index contributed by atoms with van der Waals surface area (Å²) in [5.74, 6) is -0.666. The minimum absolute atomic E-state index is 0.323. The Bertz CT molecular complexity index is 680. The number of thioether (sulfide) groups is 1. The van der Waals surface area contributed by atoms with Crippen LogP contribution in [0.1, 0.15) is 31.8 Å². The molecule has 0 atom stereocenters. The van der Waals surface area contributed by atoms with Gasteiger partial charge in [-0.25, -0.2) is 4.79 Å². The number of carboxylic acid groups (broad SMARTS) is 1. The molecule has 108 valence electrons. The van der Waals surface area contributed by atoms with Gasteiger partial charge in [0, 0.05) is 16.2 Å². The number of carbonyl (C=O) groups excluding carboxylic acids is 1. The number of nitrogens with two attached hydrogens (primary N) is 1. The van der Waals surface area contributed by atoms with Crippen molar-refractivity contribution < 1.29 is 14.7 Å². The van der Waals surface area contributed by atoms with Crippen molar-refractivity contribution in [3.63, 3.8) is 0 Å². The van der Waals surface area contributed by atoms with E-state index >= 15 is 0 Å². The summed E-state index contributed by atoms with van der Waals surface area (Å²) in [4.78, 5) is 23.0. The quantitative estimate of drug-likeness (QED) is 0.832. The Kier molecular flexibility index (Phi) is 4.65. The molecule has 0 bridgehead atoms. The summed E-state index contributed by atoms with van der Waals surface area (Å²) in [5, 5.41) is 9.10. The molecule has 4 nitrogen and oxygen atoms in total. The van der Waals surface area contributed by atoms with E-state index in [0.717, 1.165) is 16.0 Å². The van der Waals surface area contributed by atoms with Crippen LogP contribution in [0.3, 0.4) is 0 Å². The predicted octanol–water partition coefficient (Wildman–Crippen LogP) is 3.08. The fraction of sp³-hybridized carbons (Fsp3) is 0.125. The number of carboxylic acids is 1. The van der Waals surface area contributed by atoms with Gasteiger partial charge >= 0.3 is 5.97 Å². The molecule has 3 N–H and O–H groups in total. The van der Waals surface area contributed by atoms with E-state index in [1.165, 1.54) is 0 Å². The van der Waals surface area contributed by atoms with Gasteiger partial charge in [-0.05, 0) is 42.3 Å². The number of hydrogen-bond acceptors (Lipinski definition) is 3. The maximum absolute atomic E-state index is 11.1. The van der Waals surface area contributed by atoms with Gasteiger partial charge in [0.05, 0.1) is 5.56 Å². The highest BCUT2D eigenvalue weighted by Crippen LogP contribution is 2.25. The summed E-state index contributed by atoms with van der Waals surface area (Å²) in [6, 6.07) is 12.5. The number of rotatable bonds is 5. The molecule has 0 aromatic heterocycles. The van der Waals surface area contributed by atoms with E-state index in [9.17, 15) is 9.59 Å². The molecule has 0 saturated carbocycles. The molecule has 2 rings (SSSR count). The van der Waals surface area contributed by atoms with E-state index < -0.39 is 11.9 Å². The smallest absolute Gasteiger partial charge is 0.335 e. The summed E-state index contributed by atoms with van der Waals surface area (Å²) in [6.07, 6.45) is 0. The van der Waals surface area contributed by atoms with Crippen molar-refractivity contribution in [1.82, 2.24) is 0 Å². The van der Waals surface area contributed by atoms with Crippen LogP contribution in [0.2, 0.25) is 0 Å². The Morgan fingerprint density at radius 2 is 1.81 bits per heavy atom. The highest BCUT2D eigenvalue weighted by atomic mass is 32.2. The number of carbonyl (C=O) groups is 2. The van der Waals surface area contributed by atoms with Gasteiger partial charge in [-0.1, -0.05) is 18.2 Å². The second-order valence-corrected chi connectivity index (χ2v) is 5.68. The normalized spacial score (nSPS) is 10.3. The fourth-order valence-electron chi connectivity index (χ4n) is 1.85. The molecule has 2 aromatic rings. The third-order valence-corrected chi connectivity index (χ3v) is 4.15. The van der Waals surface area contributed by atoms with Gasteiger partial charge < -0.3 is 10.8 Å². The van der Waals surface area contributed by atoms with E-state index in [1.54, 1.807) is 36.9 Å². The van der Waals surface area contributed by atoms with Crippen molar-refractivity contribution in [2.75, 3.05) is 0 Å². The van der Waals surface area contributed by atoms with Gasteiger partial charge in [0.25, 0.3) is 0 Å². The first-order valence-electron chi connectivity index (χ1n) is 6.33. The number of primary amides is 1. The molecule has 0 fully saturated rings. The highest BCUT2D eigenvalue weighted by Gasteiger charge is 2.08. The van der Waals surface area contributed by atoms with E-state index in [1.807, 2.05) is 24.3 Å². The third-order valence-electron chi connectivity index (χ3n) is 3.08. The van der Waals surface area contributed by atoms with Crippen molar-refractivity contribution in [2.24, 2.45) is 5.73 Å². The van der Waals surface area contributed by atoms with E-state index in [-0.39, 0.29) is 0 Å². The fourth-order valence-corrected chi connectivity index (χ4v) is 2.74. The molecular formula is C16H15NO3S. The van der Waals surface area contributed by atoms with Crippen molar-refractivity contribution in [1.29, 1.82) is 0 Å². The maximum atomic E-state index is 11.1. The van der Waals surface area contributed by atoms with Crippen LogP contribution < -0.4 is 5.73 Å². The monoisotopic (exact) mass is 301 g/mol. The Labute approximate surface area is 127 Å². The highest BCUT2D eigenvalue weighted by molar-refractivity contribution is 7.98. The molecular weight excluding hydrogens is 286 g/mol. The summed E-state index contributed by atoms with van der Waals surface area (Å²) >= 11 is 1.55. The average Bonchev–Trinajstić information content (AvgIpc) is 2.46. The SMILES string of the molecule is Cc1ccc(SCc2ccc(C(N)=O)cc2)cc1C(=O)O. The zero-order chi connectivity index (χ0) is 15.4. The molecule has 5 heteroatoms. The first-order valence-corrected chi connectivity index (χ1v) is 7.31. The van der Waals surface area contributed by atoms with Gasteiger partial charge in [0.15, 0.2) is 0 Å². The molecule has 0 aliphatic heterocycles. The molecule has 0 spiro atoms. The van der Waals surface area contributed by atoms with Gasteiger partial charge in [-0.2, -0.15) is 0 Å². The van der Waals surface area contributed by atoms with Crippen molar-refractivity contribution in [2.45, 2.75) is 17.6 Å². The average molecular weight is 301 g/mol. The molecule has 0 saturated heterocycles. The molecule has 0 unspecified atom stereocenters. The second kappa shape index (κ2) is 6.45. The molecule has 0 aliphatic rings. The molecule has 0 heterocycles. The zero-order valence-electron chi connectivity index (χ0n) is 11.5. The molecule has 2 aromatic carbocycles. The van der Waals surface area contributed by atoms with Crippen molar-refractivity contribution in [3.05, 3.63) is 64.7 Å². The standard InChI is InChI=1S/C16H15NO3S/c1-10-2-7-13(8-14(10)16(19)20)21-9-11-3-5-12(6-4-11)15(17)18/h2-8H,9H2,1H3,(H2,17,18)(H,19,20). The third kappa shape index (κ3) is 3.86. The Morgan fingerprint density at radius 3 is 2.38 bits per heavy atom. The molecule has 0 aliphatic carbocycles. The second-order valence-electron chi connectivity index (χ2n) is 4.63. The first kappa shape index (κ1) is 15.1. The Balaban J connectivity index is 2.07. The molecule has 21 heavy (non-hydrogen) atoms. The predicted molar refractivity (Wildman–Crippen MR) is 82.7 cm³/mol. The van der Waals surface area contributed by atoms with Crippen LogP contribution in [0, 0.1) is 6.92 Å². The summed E-state index contributed by atoms with van der Waals surface area (Å²) < 4.78 is 0. The van der Waals surface area contributed by atoms with Gasteiger partial charge in [0.1, 0.15) is 0 Å². The molecule has 0 radical (unpaired) electrons. The molecule has 1 amide bonds. The van der Waals surface area contributed by atoms with Crippen LogP contribution in [-0.4, -0.2) is 17.0 Å². The van der Waals surface area contributed by atoms with Crippen LogP contribution >= 0.6 is 11.8 Å². The van der Waals surface area contributed by atoms with Crippen LogP contribution in [0.25, 0.3) is 0 Å². The van der Waals surface area contributed by atoms with E-state index in [0.29, 0.717) is 16.9 Å². The lowest BCUT2D eigenvalue weighted by molar-refractivity contribution is 0.0695. The first-order chi connectivity index (χ1) is 9.97. The van der Waals surface area contributed by atoms with E-state index in [4.69, 9.17) is 10.8 Å². The van der Waals surface area contributed by atoms with Crippen molar-refractivity contribution in [3.8, 4) is 0 Å². The van der Waals surface area contributed by atoms with E-state index in [2.05, 4.69) is 0 Å². The van der Waals surface area contributed by atoms with Crippen LogP contribution in [0.5, 0.6) is 0 Å². The minimum Gasteiger partial charge on any atom is -0.478 e. The van der Waals surface area contributed by atoms with Crippen LogP contribution in [0.4, 0.5) is 0 Å². The lowest BCUT2D eigenvalue weighted by Crippen LogP contribution is -2.10. The summed E-state index contributed by atoms with van der Waals surface area (Å²) in [7, 11) is 0. The van der Waals surface area contributed by atoms with Crippen LogP contribution in [-0.2, 0) is 5.75 Å². The zero-order valence-corrected chi connectivity index (χ0v) is 12.3. The Morgan fingerprint density at radius 1 is 1.14 bits per heavy atom. The van der Waals surface area contributed by atoms with Gasteiger partial charge in [-0.15, -0.1) is 11.8 Å². The number of aromatic carboxylic acids is 1. The van der Waals surface area contributed by atoms with Crippen LogP contribution in [0.15, 0.2) is 47.4 Å². The lowest BCUT2D eigenvalue weighted by Gasteiger charge is -2.06. The largest absolute Gasteiger partial charge is 0.478 e. The number of hydrogen-bond donors (Lipinski definition) is 2. The topological polar surface area (TPSA) is 80.4 Å². The summed E-state index contributed by atoms with van der Waals surface area (Å²) in [5.41, 5.74) is 7.78. The number of amides is 1. The van der Waals surface area contributed by atoms with Gasteiger partial charge in [0.2, 0.25) is 5.91 Å². The lowest BCUT2D eigenvalue weighted by atomic mass is 10.1. The minimum atomic E-state index is -0.916. The van der Waals surface area contributed by atoms with Crippen molar-refractivity contribution >= 4 is 23.6 Å². The number of aryl methyl sites for hydroxylation is 1. The number of benzene rings is 2. The summed E-state index contributed by atoms with van der Waals surface area (Å²) in [6.45, 7) is 1.78.